The van der Waals surface area contributed by atoms with Crippen LogP contribution in [0, 0.1) is 5.82 Å². The van der Waals surface area contributed by atoms with Gasteiger partial charge in [-0.2, -0.15) is 0 Å². The van der Waals surface area contributed by atoms with E-state index in [2.05, 4.69) is 41.2 Å². The van der Waals surface area contributed by atoms with Crippen molar-refractivity contribution in [2.24, 2.45) is 0 Å². The Morgan fingerprint density at radius 1 is 1.05 bits per heavy atom. The van der Waals surface area contributed by atoms with Gasteiger partial charge in [0.15, 0.2) is 0 Å². The van der Waals surface area contributed by atoms with Crippen LogP contribution in [0.3, 0.4) is 0 Å². The van der Waals surface area contributed by atoms with Gasteiger partial charge in [0.05, 0.1) is 22.9 Å². The number of halogens is 2. The topological polar surface area (TPSA) is 66.5 Å². The van der Waals surface area contributed by atoms with Crippen molar-refractivity contribution in [3.63, 3.8) is 0 Å². The van der Waals surface area contributed by atoms with Crippen LogP contribution in [0.1, 0.15) is 5.82 Å². The fourth-order valence-electron chi connectivity index (χ4n) is 1.79. The van der Waals surface area contributed by atoms with Gasteiger partial charge in [-0.3, -0.25) is 0 Å². The van der Waals surface area contributed by atoms with E-state index in [0.29, 0.717) is 12.5 Å². The number of benzene rings is 1. The Labute approximate surface area is 128 Å². The van der Waals surface area contributed by atoms with E-state index >= 15 is 0 Å². The van der Waals surface area contributed by atoms with Crippen LogP contribution in [0.2, 0.25) is 0 Å². The van der Waals surface area contributed by atoms with Gasteiger partial charge in [0.1, 0.15) is 11.6 Å². The average molecular weight is 348 g/mol. The molecule has 0 radical (unpaired) electrons. The molecule has 3 rings (SSSR count). The smallest absolute Gasteiger partial charge is 0.223 e. The van der Waals surface area contributed by atoms with E-state index in [1.165, 1.54) is 12.1 Å². The molecule has 0 unspecified atom stereocenters. The van der Waals surface area contributed by atoms with E-state index < -0.39 is 0 Å². The average Bonchev–Trinajstić information content (AvgIpc) is 2.96. The van der Waals surface area contributed by atoms with Crippen LogP contribution in [0.15, 0.2) is 47.3 Å². The van der Waals surface area contributed by atoms with E-state index in [4.69, 9.17) is 0 Å². The van der Waals surface area contributed by atoms with Crippen LogP contribution in [-0.2, 0) is 6.54 Å². The molecule has 0 aliphatic heterocycles. The predicted molar refractivity (Wildman–Crippen MR) is 81.0 cm³/mol. The molecule has 3 aromatic rings. The Kier molecular flexibility index (Phi) is 3.92. The summed E-state index contributed by atoms with van der Waals surface area (Å²) in [6.45, 7) is 0.475. The van der Waals surface area contributed by atoms with Crippen LogP contribution in [-0.4, -0.2) is 19.9 Å². The highest BCUT2D eigenvalue weighted by Gasteiger charge is 2.04. The zero-order valence-electron chi connectivity index (χ0n) is 10.8. The molecular formula is C14H11BrFN5. The quantitative estimate of drug-likeness (QED) is 0.759. The summed E-state index contributed by atoms with van der Waals surface area (Å²) in [5.41, 5.74) is 1.72. The SMILES string of the molecule is Fc1ccc(-c2cnc(CNc3ncc(Br)cn3)[nH]2)cc1. The lowest BCUT2D eigenvalue weighted by Crippen LogP contribution is -2.04. The summed E-state index contributed by atoms with van der Waals surface area (Å²) in [6.07, 6.45) is 5.05. The van der Waals surface area contributed by atoms with E-state index in [9.17, 15) is 4.39 Å². The fourth-order valence-corrected chi connectivity index (χ4v) is 2.00. The lowest BCUT2D eigenvalue weighted by molar-refractivity contribution is 0.628. The van der Waals surface area contributed by atoms with Crippen molar-refractivity contribution in [1.29, 1.82) is 0 Å². The Morgan fingerprint density at radius 2 is 1.76 bits per heavy atom. The second-order valence-corrected chi connectivity index (χ2v) is 5.24. The standard InChI is InChI=1S/C14H11BrFN5/c15-10-5-18-14(19-6-10)20-8-13-17-7-12(21-13)9-1-3-11(16)4-2-9/h1-7H,8H2,(H,17,21)(H,18,19,20). The molecule has 5 nitrogen and oxygen atoms in total. The van der Waals surface area contributed by atoms with Crippen molar-refractivity contribution >= 4 is 21.9 Å². The number of rotatable bonds is 4. The Balaban J connectivity index is 1.67. The Hall–Kier alpha value is -2.28. The van der Waals surface area contributed by atoms with Crippen molar-refractivity contribution in [3.05, 3.63) is 59.0 Å². The molecule has 0 saturated carbocycles. The summed E-state index contributed by atoms with van der Waals surface area (Å²) in [6, 6.07) is 6.25. The highest BCUT2D eigenvalue weighted by Crippen LogP contribution is 2.17. The molecule has 0 atom stereocenters. The minimum absolute atomic E-state index is 0.257. The van der Waals surface area contributed by atoms with Gasteiger partial charge in [0.2, 0.25) is 5.95 Å². The first-order chi connectivity index (χ1) is 10.2. The van der Waals surface area contributed by atoms with Crippen LogP contribution in [0.5, 0.6) is 0 Å². The zero-order chi connectivity index (χ0) is 14.7. The number of aromatic nitrogens is 4. The molecular weight excluding hydrogens is 337 g/mol. The molecule has 2 N–H and O–H groups in total. The van der Waals surface area contributed by atoms with Crippen LogP contribution in [0.4, 0.5) is 10.3 Å². The number of nitrogens with one attached hydrogen (secondary N) is 2. The highest BCUT2D eigenvalue weighted by molar-refractivity contribution is 9.10. The normalized spacial score (nSPS) is 10.6. The third-order valence-corrected chi connectivity index (χ3v) is 3.23. The highest BCUT2D eigenvalue weighted by atomic mass is 79.9. The minimum atomic E-state index is -0.257. The van der Waals surface area contributed by atoms with Gasteiger partial charge < -0.3 is 10.3 Å². The van der Waals surface area contributed by atoms with E-state index in [1.54, 1.807) is 30.7 Å². The van der Waals surface area contributed by atoms with Gasteiger partial charge in [-0.1, -0.05) is 0 Å². The first kappa shape index (κ1) is 13.7. The van der Waals surface area contributed by atoms with E-state index in [1.807, 2.05) is 0 Å². The third-order valence-electron chi connectivity index (χ3n) is 2.82. The van der Waals surface area contributed by atoms with Gasteiger partial charge in [0, 0.05) is 12.4 Å². The maximum Gasteiger partial charge on any atom is 0.223 e. The maximum absolute atomic E-state index is 12.9. The molecule has 2 heterocycles. The van der Waals surface area contributed by atoms with Crippen molar-refractivity contribution in [2.75, 3.05) is 5.32 Å². The maximum atomic E-state index is 12.9. The lowest BCUT2D eigenvalue weighted by Gasteiger charge is -2.02. The summed E-state index contributed by atoms with van der Waals surface area (Å²) >= 11 is 3.28. The summed E-state index contributed by atoms with van der Waals surface area (Å²) in [4.78, 5) is 15.7. The molecule has 0 fully saturated rings. The molecule has 0 aliphatic carbocycles. The van der Waals surface area contributed by atoms with E-state index in [-0.39, 0.29) is 5.82 Å². The third kappa shape index (κ3) is 3.43. The molecule has 0 saturated heterocycles. The Morgan fingerprint density at radius 3 is 2.48 bits per heavy atom. The summed E-state index contributed by atoms with van der Waals surface area (Å²) < 4.78 is 13.7. The van der Waals surface area contributed by atoms with Crippen molar-refractivity contribution in [3.8, 4) is 11.3 Å². The first-order valence-corrected chi connectivity index (χ1v) is 7.01. The first-order valence-electron chi connectivity index (χ1n) is 6.22. The number of nitrogens with zero attached hydrogens (tertiary/aromatic N) is 3. The number of imidazole rings is 1. The molecule has 0 spiro atoms. The molecule has 0 amide bonds. The fraction of sp³-hybridized carbons (Fsp3) is 0.0714. The molecule has 1 aromatic carbocycles. The second kappa shape index (κ2) is 6.01. The van der Waals surface area contributed by atoms with Gasteiger partial charge in [-0.15, -0.1) is 0 Å². The molecule has 7 heteroatoms. The van der Waals surface area contributed by atoms with Crippen molar-refractivity contribution in [1.82, 2.24) is 19.9 Å². The molecule has 106 valence electrons. The van der Waals surface area contributed by atoms with Gasteiger partial charge in [-0.05, 0) is 45.8 Å². The lowest BCUT2D eigenvalue weighted by atomic mass is 10.2. The monoisotopic (exact) mass is 347 g/mol. The number of anilines is 1. The summed E-state index contributed by atoms with van der Waals surface area (Å²) in [5.74, 6) is 1.02. The van der Waals surface area contributed by atoms with E-state index in [0.717, 1.165) is 21.6 Å². The Bertz CT molecular complexity index is 724. The molecule has 21 heavy (non-hydrogen) atoms. The van der Waals surface area contributed by atoms with Crippen molar-refractivity contribution < 1.29 is 4.39 Å². The molecule has 0 bridgehead atoms. The summed E-state index contributed by atoms with van der Waals surface area (Å²) in [5, 5.41) is 3.07. The number of hydrogen-bond donors (Lipinski definition) is 2. The van der Waals surface area contributed by atoms with Crippen LogP contribution in [0.25, 0.3) is 11.3 Å². The van der Waals surface area contributed by atoms with Crippen LogP contribution < -0.4 is 5.32 Å². The number of hydrogen-bond acceptors (Lipinski definition) is 4. The number of aromatic amines is 1. The number of H-pyrrole nitrogens is 1. The van der Waals surface area contributed by atoms with Crippen molar-refractivity contribution in [2.45, 2.75) is 6.54 Å². The summed E-state index contributed by atoms with van der Waals surface area (Å²) in [7, 11) is 0. The van der Waals surface area contributed by atoms with Crippen LogP contribution >= 0.6 is 15.9 Å². The van der Waals surface area contributed by atoms with Gasteiger partial charge in [0.25, 0.3) is 0 Å². The minimum Gasteiger partial charge on any atom is -0.347 e. The predicted octanol–water partition coefficient (Wildman–Crippen LogP) is 3.38. The zero-order valence-corrected chi connectivity index (χ0v) is 12.4. The second-order valence-electron chi connectivity index (χ2n) is 4.33. The van der Waals surface area contributed by atoms with Gasteiger partial charge in [-0.25, -0.2) is 19.3 Å². The van der Waals surface area contributed by atoms with Gasteiger partial charge >= 0.3 is 0 Å². The molecule has 0 aliphatic rings. The molecule has 2 aromatic heterocycles. The largest absolute Gasteiger partial charge is 0.347 e.